The van der Waals surface area contributed by atoms with Gasteiger partial charge < -0.3 is 20.1 Å². The summed E-state index contributed by atoms with van der Waals surface area (Å²) >= 11 is 0. The van der Waals surface area contributed by atoms with Gasteiger partial charge in [0.1, 0.15) is 6.10 Å². The highest BCUT2D eigenvalue weighted by atomic mass is 19.4. The third kappa shape index (κ3) is 3.70. The minimum Gasteiger partial charge on any atom is -0.478 e. The molecule has 0 heterocycles. The van der Waals surface area contributed by atoms with Gasteiger partial charge in [0.25, 0.3) is 0 Å². The SMILES string of the molecule is COC(=O)C(O)C(O)c1cc(C(F)(F)F)ccc1C(=O)O. The number of esters is 1. The van der Waals surface area contributed by atoms with Gasteiger partial charge in [0.15, 0.2) is 6.10 Å². The fourth-order valence-corrected chi connectivity index (χ4v) is 1.60. The second kappa shape index (κ2) is 6.10. The summed E-state index contributed by atoms with van der Waals surface area (Å²) in [6.45, 7) is 0. The molecule has 0 saturated heterocycles. The van der Waals surface area contributed by atoms with Crippen molar-refractivity contribution in [3.05, 3.63) is 34.9 Å². The van der Waals surface area contributed by atoms with Crippen molar-refractivity contribution >= 4 is 11.9 Å². The van der Waals surface area contributed by atoms with Gasteiger partial charge in [-0.15, -0.1) is 0 Å². The molecule has 116 valence electrons. The highest BCUT2D eigenvalue weighted by molar-refractivity contribution is 5.90. The number of aromatic carboxylic acids is 1. The maximum absolute atomic E-state index is 12.6. The number of hydrogen-bond acceptors (Lipinski definition) is 5. The van der Waals surface area contributed by atoms with Crippen LogP contribution in [0.3, 0.4) is 0 Å². The molecule has 0 aliphatic heterocycles. The van der Waals surface area contributed by atoms with Crippen LogP contribution in [0.25, 0.3) is 0 Å². The Bertz CT molecular complexity index is 554. The standard InChI is InChI=1S/C12H11F3O6/c1-21-11(20)9(17)8(16)7-4-5(12(13,14)15)2-3-6(7)10(18)19/h2-4,8-9,16-17H,1H3,(H,18,19). The summed E-state index contributed by atoms with van der Waals surface area (Å²) in [4.78, 5) is 22.0. The number of hydrogen-bond donors (Lipinski definition) is 3. The Kier molecular flexibility index (Phi) is 4.92. The molecule has 21 heavy (non-hydrogen) atoms. The van der Waals surface area contributed by atoms with E-state index in [0.29, 0.717) is 18.2 Å². The summed E-state index contributed by atoms with van der Waals surface area (Å²) in [7, 11) is 0.891. The molecule has 0 spiro atoms. The number of rotatable bonds is 4. The average Bonchev–Trinajstić information content (AvgIpc) is 2.43. The predicted octanol–water partition coefficient (Wildman–Crippen LogP) is 0.971. The number of carbonyl (C=O) groups excluding carboxylic acids is 1. The molecule has 1 aromatic carbocycles. The number of aliphatic hydroxyl groups excluding tert-OH is 2. The molecule has 0 aliphatic rings. The summed E-state index contributed by atoms with van der Waals surface area (Å²) in [6, 6.07) is 1.51. The Balaban J connectivity index is 3.36. The zero-order valence-electron chi connectivity index (χ0n) is 10.6. The van der Waals surface area contributed by atoms with Crippen molar-refractivity contribution in [1.29, 1.82) is 0 Å². The quantitative estimate of drug-likeness (QED) is 0.716. The maximum atomic E-state index is 12.6. The van der Waals surface area contributed by atoms with Crippen LogP contribution in [0.2, 0.25) is 0 Å². The number of carboxylic acid groups (broad SMARTS) is 1. The number of alkyl halides is 3. The predicted molar refractivity (Wildman–Crippen MR) is 61.4 cm³/mol. The van der Waals surface area contributed by atoms with E-state index in [2.05, 4.69) is 4.74 Å². The van der Waals surface area contributed by atoms with Crippen molar-refractivity contribution in [2.45, 2.75) is 18.4 Å². The first-order valence-electron chi connectivity index (χ1n) is 5.48. The lowest BCUT2D eigenvalue weighted by Gasteiger charge is -2.19. The molecule has 0 radical (unpaired) electrons. The van der Waals surface area contributed by atoms with Gasteiger partial charge in [-0.1, -0.05) is 0 Å². The van der Waals surface area contributed by atoms with E-state index in [1.807, 2.05) is 0 Å². The summed E-state index contributed by atoms with van der Waals surface area (Å²) in [5.74, 6) is -2.92. The van der Waals surface area contributed by atoms with E-state index in [0.717, 1.165) is 7.11 Å². The highest BCUT2D eigenvalue weighted by Crippen LogP contribution is 2.33. The van der Waals surface area contributed by atoms with Crippen molar-refractivity contribution in [2.24, 2.45) is 0 Å². The van der Waals surface area contributed by atoms with Crippen molar-refractivity contribution in [3.63, 3.8) is 0 Å². The lowest BCUT2D eigenvalue weighted by Crippen LogP contribution is -2.30. The second-order valence-electron chi connectivity index (χ2n) is 4.02. The van der Waals surface area contributed by atoms with Crippen LogP contribution in [0.15, 0.2) is 18.2 Å². The zero-order valence-corrected chi connectivity index (χ0v) is 10.6. The van der Waals surface area contributed by atoms with Crippen LogP contribution in [-0.4, -0.2) is 40.5 Å². The number of ether oxygens (including phenoxy) is 1. The van der Waals surface area contributed by atoms with Crippen LogP contribution in [0.1, 0.15) is 27.6 Å². The topological polar surface area (TPSA) is 104 Å². The molecule has 2 atom stereocenters. The molecule has 6 nitrogen and oxygen atoms in total. The molecular formula is C12H11F3O6. The molecule has 2 unspecified atom stereocenters. The van der Waals surface area contributed by atoms with Gasteiger partial charge in [0.05, 0.1) is 18.2 Å². The van der Waals surface area contributed by atoms with E-state index in [-0.39, 0.29) is 0 Å². The first-order valence-corrected chi connectivity index (χ1v) is 5.48. The normalized spacial score (nSPS) is 14.4. The minimum atomic E-state index is -4.78. The van der Waals surface area contributed by atoms with E-state index in [1.54, 1.807) is 0 Å². The van der Waals surface area contributed by atoms with Gasteiger partial charge in [-0.25, -0.2) is 9.59 Å². The molecule has 3 N–H and O–H groups in total. The van der Waals surface area contributed by atoms with Crippen LogP contribution in [0, 0.1) is 0 Å². The fourth-order valence-electron chi connectivity index (χ4n) is 1.60. The molecular weight excluding hydrogens is 297 g/mol. The first kappa shape index (κ1) is 16.9. The van der Waals surface area contributed by atoms with Crippen molar-refractivity contribution < 1.29 is 42.8 Å². The number of carboxylic acids is 1. The summed E-state index contributed by atoms with van der Waals surface area (Å²) in [5, 5.41) is 28.1. The molecule has 0 bridgehead atoms. The number of carbonyl (C=O) groups is 2. The molecule has 0 saturated carbocycles. The lowest BCUT2D eigenvalue weighted by molar-refractivity contribution is -0.156. The molecule has 0 aromatic heterocycles. The van der Waals surface area contributed by atoms with Gasteiger partial charge in [0.2, 0.25) is 0 Å². The Hall–Kier alpha value is -2.13. The number of halogens is 3. The van der Waals surface area contributed by atoms with Gasteiger partial charge in [0, 0.05) is 0 Å². The molecule has 0 amide bonds. The van der Waals surface area contributed by atoms with E-state index in [4.69, 9.17) is 5.11 Å². The maximum Gasteiger partial charge on any atom is 0.416 e. The first-order chi connectivity index (χ1) is 9.59. The summed E-state index contributed by atoms with van der Waals surface area (Å²) in [6.07, 6.45) is -9.16. The minimum absolute atomic E-state index is 0.361. The fraction of sp³-hybridized carbons (Fsp3) is 0.333. The molecule has 9 heteroatoms. The Morgan fingerprint density at radius 3 is 2.24 bits per heavy atom. The Labute approximate surface area is 116 Å². The van der Waals surface area contributed by atoms with E-state index < -0.39 is 47.0 Å². The molecule has 1 aromatic rings. The van der Waals surface area contributed by atoms with Crippen LogP contribution < -0.4 is 0 Å². The Morgan fingerprint density at radius 1 is 1.24 bits per heavy atom. The van der Waals surface area contributed by atoms with Crippen LogP contribution in [-0.2, 0) is 15.7 Å². The van der Waals surface area contributed by atoms with Gasteiger partial charge >= 0.3 is 18.1 Å². The smallest absolute Gasteiger partial charge is 0.416 e. The van der Waals surface area contributed by atoms with Crippen LogP contribution in [0.4, 0.5) is 13.2 Å². The molecule has 0 aliphatic carbocycles. The number of benzene rings is 1. The number of aliphatic hydroxyl groups is 2. The summed E-state index contributed by atoms with van der Waals surface area (Å²) in [5.41, 5.74) is -2.63. The van der Waals surface area contributed by atoms with Crippen LogP contribution >= 0.6 is 0 Å². The van der Waals surface area contributed by atoms with E-state index in [1.165, 1.54) is 0 Å². The van der Waals surface area contributed by atoms with Crippen LogP contribution in [0.5, 0.6) is 0 Å². The summed E-state index contributed by atoms with van der Waals surface area (Å²) < 4.78 is 42.0. The average molecular weight is 308 g/mol. The third-order valence-corrected chi connectivity index (χ3v) is 2.67. The van der Waals surface area contributed by atoms with Crippen molar-refractivity contribution in [3.8, 4) is 0 Å². The molecule has 1 rings (SSSR count). The van der Waals surface area contributed by atoms with E-state index in [9.17, 15) is 33.0 Å². The largest absolute Gasteiger partial charge is 0.478 e. The lowest BCUT2D eigenvalue weighted by atomic mass is 9.96. The molecule has 0 fully saturated rings. The van der Waals surface area contributed by atoms with Gasteiger partial charge in [-0.2, -0.15) is 13.2 Å². The van der Waals surface area contributed by atoms with Crippen molar-refractivity contribution in [1.82, 2.24) is 0 Å². The highest BCUT2D eigenvalue weighted by Gasteiger charge is 2.35. The zero-order chi connectivity index (χ0) is 16.4. The second-order valence-corrected chi connectivity index (χ2v) is 4.02. The third-order valence-electron chi connectivity index (χ3n) is 2.67. The Morgan fingerprint density at radius 2 is 1.81 bits per heavy atom. The van der Waals surface area contributed by atoms with Gasteiger partial charge in [-0.3, -0.25) is 0 Å². The van der Waals surface area contributed by atoms with Crippen molar-refractivity contribution in [2.75, 3.05) is 7.11 Å². The monoisotopic (exact) mass is 308 g/mol. The number of methoxy groups -OCH3 is 1. The van der Waals surface area contributed by atoms with Gasteiger partial charge in [-0.05, 0) is 23.8 Å². The van der Waals surface area contributed by atoms with E-state index >= 15 is 0 Å².